The van der Waals surface area contributed by atoms with Crippen molar-refractivity contribution in [1.82, 2.24) is 0 Å². The van der Waals surface area contributed by atoms with E-state index >= 15 is 0 Å². The molecule has 0 bridgehead atoms. The fourth-order valence-corrected chi connectivity index (χ4v) is 2.68. The van der Waals surface area contributed by atoms with E-state index in [1.807, 2.05) is 20.8 Å². The zero-order valence-electron chi connectivity index (χ0n) is 13.3. The van der Waals surface area contributed by atoms with Crippen molar-refractivity contribution in [2.24, 2.45) is 4.40 Å². The molecule has 1 aliphatic rings. The summed E-state index contributed by atoms with van der Waals surface area (Å²) in [6.07, 6.45) is 7.76. The predicted octanol–water partition coefficient (Wildman–Crippen LogP) is 3.62. The van der Waals surface area contributed by atoms with Gasteiger partial charge >= 0.3 is 0 Å². The fourth-order valence-electron chi connectivity index (χ4n) is 2.12. The van der Waals surface area contributed by atoms with Crippen LogP contribution in [0.25, 0.3) is 0 Å². The second-order valence-corrected chi connectivity index (χ2v) is 8.19. The lowest BCUT2D eigenvalue weighted by Gasteiger charge is -2.26. The second kappa shape index (κ2) is 8.37. The van der Waals surface area contributed by atoms with Gasteiger partial charge in [-0.1, -0.05) is 24.2 Å². The number of hydrogen-bond donors (Lipinski definition) is 0. The Labute approximate surface area is 126 Å². The minimum atomic E-state index is -1.17. The average molecular weight is 303 g/mol. The van der Waals surface area contributed by atoms with Gasteiger partial charge in [0.2, 0.25) is 0 Å². The van der Waals surface area contributed by atoms with Crippen LogP contribution in [-0.2, 0) is 20.8 Å². The number of unbranched alkanes of at least 4 members (excludes halogenated alkanes) is 2. The number of ether oxygens (including phenoxy) is 2. The molecule has 5 heteroatoms. The van der Waals surface area contributed by atoms with Gasteiger partial charge in [-0.2, -0.15) is 0 Å². The Hall–Kier alpha value is -0.100. The second-order valence-electron chi connectivity index (χ2n) is 6.25. The SMILES string of the molecule is CCCCCC1(CC/C=N\[S@@+]([O-])C(C)(C)C)OCCO1. The van der Waals surface area contributed by atoms with Crippen LogP contribution in [0.5, 0.6) is 0 Å². The molecule has 0 aromatic heterocycles. The van der Waals surface area contributed by atoms with Gasteiger partial charge in [-0.05, 0) is 33.6 Å². The lowest BCUT2D eigenvalue weighted by Crippen LogP contribution is -2.30. The van der Waals surface area contributed by atoms with Crippen LogP contribution in [0.1, 0.15) is 66.2 Å². The van der Waals surface area contributed by atoms with Crippen LogP contribution in [0, 0.1) is 0 Å². The molecule has 0 aromatic carbocycles. The van der Waals surface area contributed by atoms with Gasteiger partial charge in [0.1, 0.15) is 16.1 Å². The Morgan fingerprint density at radius 1 is 1.20 bits per heavy atom. The molecule has 0 unspecified atom stereocenters. The van der Waals surface area contributed by atoms with E-state index < -0.39 is 17.1 Å². The summed E-state index contributed by atoms with van der Waals surface area (Å²) in [4.78, 5) is 0. The maximum absolute atomic E-state index is 11.8. The third-order valence-corrected chi connectivity index (χ3v) is 4.71. The number of rotatable bonds is 8. The first-order valence-electron chi connectivity index (χ1n) is 7.62. The maximum atomic E-state index is 11.8. The van der Waals surface area contributed by atoms with Crippen molar-refractivity contribution in [3.05, 3.63) is 0 Å². The Kier molecular flexibility index (Phi) is 7.51. The van der Waals surface area contributed by atoms with Crippen molar-refractivity contribution in [3.8, 4) is 0 Å². The average Bonchev–Trinajstić information content (AvgIpc) is 2.83. The van der Waals surface area contributed by atoms with E-state index in [4.69, 9.17) is 9.47 Å². The van der Waals surface area contributed by atoms with Crippen LogP contribution in [0.15, 0.2) is 4.40 Å². The maximum Gasteiger partial charge on any atom is 0.168 e. The van der Waals surface area contributed by atoms with Crippen LogP contribution in [0.2, 0.25) is 0 Å². The highest BCUT2D eigenvalue weighted by atomic mass is 32.2. The quantitative estimate of drug-likeness (QED) is 0.391. The van der Waals surface area contributed by atoms with Gasteiger partial charge in [0.25, 0.3) is 0 Å². The number of hydrogen-bond acceptors (Lipinski definition) is 4. The van der Waals surface area contributed by atoms with Gasteiger partial charge in [0, 0.05) is 12.8 Å². The molecule has 0 aromatic rings. The molecule has 0 aliphatic carbocycles. The molecule has 1 rings (SSSR count). The highest BCUT2D eigenvalue weighted by molar-refractivity contribution is 7.91. The Morgan fingerprint density at radius 2 is 1.85 bits per heavy atom. The molecule has 1 heterocycles. The first-order valence-corrected chi connectivity index (χ1v) is 8.73. The molecule has 0 radical (unpaired) electrons. The van der Waals surface area contributed by atoms with Crippen LogP contribution in [-0.4, -0.2) is 34.5 Å². The van der Waals surface area contributed by atoms with E-state index in [2.05, 4.69) is 11.3 Å². The van der Waals surface area contributed by atoms with Gasteiger partial charge in [-0.15, -0.1) is 0 Å². The van der Waals surface area contributed by atoms with E-state index in [0.29, 0.717) is 13.2 Å². The third kappa shape index (κ3) is 6.12. The summed E-state index contributed by atoms with van der Waals surface area (Å²) in [6, 6.07) is 0. The van der Waals surface area contributed by atoms with Crippen molar-refractivity contribution in [1.29, 1.82) is 0 Å². The molecule has 0 saturated carbocycles. The summed E-state index contributed by atoms with van der Waals surface area (Å²) < 4.78 is 27.2. The molecule has 1 fully saturated rings. The van der Waals surface area contributed by atoms with Gasteiger partial charge in [-0.3, -0.25) is 0 Å². The summed E-state index contributed by atoms with van der Waals surface area (Å²) in [5.41, 5.74) is 0. The largest absolute Gasteiger partial charge is 0.591 e. The molecule has 1 aliphatic heterocycles. The molecule has 0 amide bonds. The lowest BCUT2D eigenvalue weighted by atomic mass is 10.0. The van der Waals surface area contributed by atoms with Crippen LogP contribution >= 0.6 is 0 Å². The van der Waals surface area contributed by atoms with Crippen LogP contribution < -0.4 is 0 Å². The van der Waals surface area contributed by atoms with Crippen LogP contribution in [0.3, 0.4) is 0 Å². The zero-order valence-corrected chi connectivity index (χ0v) is 14.1. The van der Waals surface area contributed by atoms with E-state index in [-0.39, 0.29) is 4.75 Å². The minimum absolute atomic E-state index is 0.296. The smallest absolute Gasteiger partial charge is 0.168 e. The Balaban J connectivity index is 2.38. The fraction of sp³-hybridized carbons (Fsp3) is 0.933. The van der Waals surface area contributed by atoms with Crippen molar-refractivity contribution in [2.75, 3.05) is 13.2 Å². The predicted molar refractivity (Wildman–Crippen MR) is 84.4 cm³/mol. The molecule has 1 saturated heterocycles. The molecule has 4 nitrogen and oxygen atoms in total. The van der Waals surface area contributed by atoms with Gasteiger partial charge in [0.05, 0.1) is 19.4 Å². The monoisotopic (exact) mass is 303 g/mol. The first-order chi connectivity index (χ1) is 9.40. The summed E-state index contributed by atoms with van der Waals surface area (Å²) in [6.45, 7) is 9.33. The van der Waals surface area contributed by atoms with Crippen molar-refractivity contribution in [2.45, 2.75) is 76.8 Å². The summed E-state index contributed by atoms with van der Waals surface area (Å²) in [5.74, 6) is -0.426. The molecule has 0 spiro atoms. The Morgan fingerprint density at radius 3 is 2.40 bits per heavy atom. The first kappa shape index (κ1) is 18.0. The highest BCUT2D eigenvalue weighted by Gasteiger charge is 2.35. The highest BCUT2D eigenvalue weighted by Crippen LogP contribution is 2.30. The molecule has 0 N–H and O–H groups in total. The molecule has 1 atom stereocenters. The summed E-state index contributed by atoms with van der Waals surface area (Å²) in [7, 11) is 0. The molecule has 118 valence electrons. The normalized spacial score (nSPS) is 20.6. The topological polar surface area (TPSA) is 53.9 Å². The lowest BCUT2D eigenvalue weighted by molar-refractivity contribution is -0.166. The van der Waals surface area contributed by atoms with E-state index in [1.54, 1.807) is 6.21 Å². The van der Waals surface area contributed by atoms with Crippen molar-refractivity contribution in [3.63, 3.8) is 0 Å². The Bertz CT molecular complexity index is 296. The minimum Gasteiger partial charge on any atom is -0.591 e. The van der Waals surface area contributed by atoms with Gasteiger partial charge in [-0.25, -0.2) is 0 Å². The third-order valence-electron chi connectivity index (χ3n) is 3.32. The standard InChI is InChI=1S/C15H29NO3S/c1-5-6-7-9-15(18-12-13-19-15)10-8-11-16-20(17)14(2,3)4/h11H,5-10,12-13H2,1-4H3/b16-11-/t20-/m0/s1. The van der Waals surface area contributed by atoms with Gasteiger partial charge < -0.3 is 14.0 Å². The van der Waals surface area contributed by atoms with E-state index in [9.17, 15) is 4.55 Å². The van der Waals surface area contributed by atoms with Crippen molar-refractivity contribution >= 4 is 17.6 Å². The van der Waals surface area contributed by atoms with E-state index in [1.165, 1.54) is 12.8 Å². The van der Waals surface area contributed by atoms with Gasteiger partial charge in [0.15, 0.2) is 5.79 Å². The van der Waals surface area contributed by atoms with E-state index in [0.717, 1.165) is 25.7 Å². The summed E-state index contributed by atoms with van der Waals surface area (Å²) >= 11 is -1.17. The molecule has 20 heavy (non-hydrogen) atoms. The van der Waals surface area contributed by atoms with Crippen LogP contribution in [0.4, 0.5) is 0 Å². The molecular weight excluding hydrogens is 274 g/mol. The number of nitrogens with zero attached hydrogens (tertiary/aromatic N) is 1. The van der Waals surface area contributed by atoms with Crippen molar-refractivity contribution < 1.29 is 14.0 Å². The molecular formula is C15H29NO3S. The summed E-state index contributed by atoms with van der Waals surface area (Å²) in [5, 5.41) is 0. The zero-order chi connectivity index (χ0) is 15.1.